The van der Waals surface area contributed by atoms with Crippen molar-refractivity contribution in [1.82, 2.24) is 4.90 Å². The van der Waals surface area contributed by atoms with Gasteiger partial charge in [-0.1, -0.05) is 42.8 Å². The largest absolute Gasteiger partial charge is 0.484 e. The summed E-state index contributed by atoms with van der Waals surface area (Å²) < 4.78 is 5.58. The third kappa shape index (κ3) is 4.57. The van der Waals surface area contributed by atoms with Crippen molar-refractivity contribution in [1.29, 1.82) is 0 Å². The van der Waals surface area contributed by atoms with Crippen molar-refractivity contribution in [3.05, 3.63) is 64.7 Å². The fourth-order valence-electron chi connectivity index (χ4n) is 2.96. The molecular formula is C21H26ClNO3. The Morgan fingerprint density at radius 1 is 1.08 bits per heavy atom. The van der Waals surface area contributed by atoms with E-state index in [9.17, 15) is 9.90 Å². The van der Waals surface area contributed by atoms with Crippen LogP contribution in [0.4, 0.5) is 0 Å². The van der Waals surface area contributed by atoms with Crippen LogP contribution in [0.2, 0.25) is 5.02 Å². The molecule has 5 heteroatoms. The quantitative estimate of drug-likeness (QED) is 0.751. The van der Waals surface area contributed by atoms with Crippen molar-refractivity contribution in [2.75, 3.05) is 19.7 Å². The summed E-state index contributed by atoms with van der Waals surface area (Å²) in [6, 6.07) is 14.4. The smallest absolute Gasteiger partial charge is 0.260 e. The van der Waals surface area contributed by atoms with Gasteiger partial charge in [0.15, 0.2) is 6.61 Å². The molecule has 0 aliphatic carbocycles. The summed E-state index contributed by atoms with van der Waals surface area (Å²) in [5, 5.41) is 11.8. The topological polar surface area (TPSA) is 49.8 Å². The van der Waals surface area contributed by atoms with E-state index in [1.54, 1.807) is 29.2 Å². The first kappa shape index (κ1) is 20.3. The highest BCUT2D eigenvalue weighted by atomic mass is 35.5. The maximum Gasteiger partial charge on any atom is 0.260 e. The second-order valence-corrected chi connectivity index (χ2v) is 6.54. The van der Waals surface area contributed by atoms with Crippen LogP contribution >= 0.6 is 11.6 Å². The van der Waals surface area contributed by atoms with E-state index in [2.05, 4.69) is 0 Å². The molecule has 0 spiro atoms. The molecule has 4 nitrogen and oxygen atoms in total. The van der Waals surface area contributed by atoms with Crippen LogP contribution in [0.3, 0.4) is 0 Å². The van der Waals surface area contributed by atoms with E-state index in [1.165, 1.54) is 0 Å². The Hall–Kier alpha value is -2.04. The molecule has 0 saturated carbocycles. The molecule has 0 aliphatic heterocycles. The molecule has 2 aromatic rings. The molecule has 1 unspecified atom stereocenters. The highest BCUT2D eigenvalue weighted by Crippen LogP contribution is 2.34. The zero-order valence-corrected chi connectivity index (χ0v) is 16.3. The molecule has 1 N–H and O–H groups in total. The molecule has 0 saturated heterocycles. The number of halogens is 1. The molecule has 1 atom stereocenters. The van der Waals surface area contributed by atoms with Gasteiger partial charge in [-0.2, -0.15) is 0 Å². The lowest BCUT2D eigenvalue weighted by Crippen LogP contribution is -2.34. The molecule has 0 heterocycles. The maximum atomic E-state index is 12.0. The molecule has 2 rings (SSSR count). The minimum absolute atomic E-state index is 0.00731. The summed E-state index contributed by atoms with van der Waals surface area (Å²) in [7, 11) is 0. The Bertz CT molecular complexity index is 728. The maximum absolute atomic E-state index is 12.0. The van der Waals surface area contributed by atoms with Crippen LogP contribution in [0.15, 0.2) is 48.5 Å². The van der Waals surface area contributed by atoms with E-state index in [0.29, 0.717) is 30.3 Å². The summed E-state index contributed by atoms with van der Waals surface area (Å²) in [6.45, 7) is 7.15. The normalized spacial score (nSPS) is 13.1. The zero-order chi connectivity index (χ0) is 19.2. The van der Waals surface area contributed by atoms with E-state index in [0.717, 1.165) is 11.1 Å². The van der Waals surface area contributed by atoms with E-state index in [-0.39, 0.29) is 12.5 Å². The van der Waals surface area contributed by atoms with Crippen molar-refractivity contribution in [3.63, 3.8) is 0 Å². The standard InChI is InChI=1S/C21H26ClNO3/c1-4-21(25,17-8-7-9-18(22)14-17)16-10-12-19(13-11-16)26-15-20(24)23(5-2)6-3/h7-14,25H,4-6,15H2,1-3H3. The van der Waals surface area contributed by atoms with Crippen LogP contribution in [-0.2, 0) is 10.4 Å². The van der Waals surface area contributed by atoms with E-state index < -0.39 is 5.60 Å². The van der Waals surface area contributed by atoms with Crippen LogP contribution in [0.5, 0.6) is 5.75 Å². The second-order valence-electron chi connectivity index (χ2n) is 6.10. The zero-order valence-electron chi connectivity index (χ0n) is 15.5. The molecule has 0 aliphatic rings. The lowest BCUT2D eigenvalue weighted by Gasteiger charge is -2.28. The first-order valence-electron chi connectivity index (χ1n) is 8.94. The van der Waals surface area contributed by atoms with Crippen LogP contribution in [0.1, 0.15) is 38.3 Å². The number of benzene rings is 2. The number of carbonyl (C=O) groups excluding carboxylic acids is 1. The van der Waals surface area contributed by atoms with Crippen LogP contribution in [0, 0.1) is 0 Å². The van der Waals surface area contributed by atoms with Gasteiger partial charge in [0.1, 0.15) is 11.4 Å². The first-order valence-corrected chi connectivity index (χ1v) is 9.31. The lowest BCUT2D eigenvalue weighted by molar-refractivity contribution is -0.132. The average molecular weight is 376 g/mol. The molecule has 0 radical (unpaired) electrons. The van der Waals surface area contributed by atoms with Crippen LogP contribution in [-0.4, -0.2) is 35.6 Å². The predicted molar refractivity (Wildman–Crippen MR) is 105 cm³/mol. The number of aliphatic hydroxyl groups is 1. The summed E-state index contributed by atoms with van der Waals surface area (Å²) in [5.74, 6) is 0.557. The van der Waals surface area contributed by atoms with E-state index >= 15 is 0 Å². The van der Waals surface area contributed by atoms with Crippen molar-refractivity contribution < 1.29 is 14.6 Å². The first-order chi connectivity index (χ1) is 12.4. The fraction of sp³-hybridized carbons (Fsp3) is 0.381. The van der Waals surface area contributed by atoms with Crippen molar-refractivity contribution in [3.8, 4) is 5.75 Å². The van der Waals surface area contributed by atoms with Crippen molar-refractivity contribution in [2.24, 2.45) is 0 Å². The van der Waals surface area contributed by atoms with Crippen molar-refractivity contribution in [2.45, 2.75) is 32.8 Å². The number of carbonyl (C=O) groups is 1. The number of likely N-dealkylation sites (N-methyl/N-ethyl adjacent to an activating group) is 1. The van der Waals surface area contributed by atoms with Gasteiger partial charge in [0, 0.05) is 18.1 Å². The van der Waals surface area contributed by atoms with Gasteiger partial charge >= 0.3 is 0 Å². The molecule has 26 heavy (non-hydrogen) atoms. The van der Waals surface area contributed by atoms with Crippen molar-refractivity contribution >= 4 is 17.5 Å². The van der Waals surface area contributed by atoms with Gasteiger partial charge in [-0.25, -0.2) is 0 Å². The highest BCUT2D eigenvalue weighted by Gasteiger charge is 2.29. The summed E-state index contributed by atoms with van der Waals surface area (Å²) >= 11 is 6.07. The Kier molecular flexibility index (Phi) is 7.06. The molecule has 0 aromatic heterocycles. The van der Waals surface area contributed by atoms with Crippen LogP contribution in [0.25, 0.3) is 0 Å². The number of rotatable bonds is 8. The lowest BCUT2D eigenvalue weighted by atomic mass is 9.84. The number of amides is 1. The van der Waals surface area contributed by atoms with Gasteiger partial charge < -0.3 is 14.7 Å². The molecule has 140 valence electrons. The van der Waals surface area contributed by atoms with Gasteiger partial charge in [-0.15, -0.1) is 0 Å². The number of hydrogen-bond donors (Lipinski definition) is 1. The predicted octanol–water partition coefficient (Wildman–Crippen LogP) is 4.23. The molecule has 0 fully saturated rings. The Labute approximate surface area is 160 Å². The highest BCUT2D eigenvalue weighted by molar-refractivity contribution is 6.30. The van der Waals surface area contributed by atoms with E-state index in [1.807, 2.05) is 45.0 Å². The SMILES string of the molecule is CCN(CC)C(=O)COc1ccc(C(O)(CC)c2cccc(Cl)c2)cc1. The Morgan fingerprint density at radius 2 is 1.73 bits per heavy atom. The second kappa shape index (κ2) is 9.06. The molecule has 0 bridgehead atoms. The van der Waals surface area contributed by atoms with Gasteiger partial charge in [-0.05, 0) is 55.7 Å². The Balaban J connectivity index is 2.13. The average Bonchev–Trinajstić information content (AvgIpc) is 2.67. The fourth-order valence-corrected chi connectivity index (χ4v) is 3.15. The summed E-state index contributed by atoms with van der Waals surface area (Å²) in [6.07, 6.45) is 0.508. The summed E-state index contributed by atoms with van der Waals surface area (Å²) in [5.41, 5.74) is 0.378. The molecule has 2 aromatic carbocycles. The van der Waals surface area contributed by atoms with Crippen LogP contribution < -0.4 is 4.74 Å². The minimum atomic E-state index is -1.12. The Morgan fingerprint density at radius 3 is 2.27 bits per heavy atom. The molecule has 1 amide bonds. The van der Waals surface area contributed by atoms with Gasteiger partial charge in [0.2, 0.25) is 0 Å². The number of nitrogens with zero attached hydrogens (tertiary/aromatic N) is 1. The minimum Gasteiger partial charge on any atom is -0.484 e. The number of ether oxygens (including phenoxy) is 1. The molecular weight excluding hydrogens is 350 g/mol. The number of hydrogen-bond acceptors (Lipinski definition) is 3. The van der Waals surface area contributed by atoms with E-state index in [4.69, 9.17) is 16.3 Å². The van der Waals surface area contributed by atoms with Gasteiger partial charge in [0.05, 0.1) is 0 Å². The third-order valence-electron chi connectivity index (χ3n) is 4.62. The third-order valence-corrected chi connectivity index (χ3v) is 4.86. The summed E-state index contributed by atoms with van der Waals surface area (Å²) in [4.78, 5) is 13.7. The monoisotopic (exact) mass is 375 g/mol. The van der Waals surface area contributed by atoms with Gasteiger partial charge in [0.25, 0.3) is 5.91 Å². The van der Waals surface area contributed by atoms with Gasteiger partial charge in [-0.3, -0.25) is 4.79 Å².